The number of aryl methyl sites for hydroxylation is 2. The molecule has 27 heavy (non-hydrogen) atoms. The number of fused-ring (bicyclic) bond motifs is 1. The summed E-state index contributed by atoms with van der Waals surface area (Å²) in [5.74, 6) is 0.659. The summed E-state index contributed by atoms with van der Waals surface area (Å²) in [5.41, 5.74) is 2.79. The van der Waals surface area contributed by atoms with Crippen molar-refractivity contribution in [2.24, 2.45) is 0 Å². The van der Waals surface area contributed by atoms with Gasteiger partial charge in [-0.3, -0.25) is 9.69 Å². The van der Waals surface area contributed by atoms with Gasteiger partial charge in [0.25, 0.3) is 5.56 Å². The SMILES string of the molecule is N#Cc1ccnnc1N1CCN(CCn2nc3c(cc2=O)CCCC3)CC1. The van der Waals surface area contributed by atoms with Gasteiger partial charge in [-0.05, 0) is 37.3 Å². The molecule has 4 rings (SSSR count). The van der Waals surface area contributed by atoms with Crippen LogP contribution in [0.2, 0.25) is 0 Å². The van der Waals surface area contributed by atoms with Gasteiger partial charge in [-0.1, -0.05) is 0 Å². The molecular formula is C19H23N7O. The van der Waals surface area contributed by atoms with Crippen LogP contribution in [0, 0.1) is 11.3 Å². The Morgan fingerprint density at radius 1 is 1.11 bits per heavy atom. The van der Waals surface area contributed by atoms with Gasteiger partial charge in [-0.25, -0.2) is 4.68 Å². The lowest BCUT2D eigenvalue weighted by molar-refractivity contribution is 0.241. The zero-order chi connectivity index (χ0) is 18.6. The van der Waals surface area contributed by atoms with Crippen LogP contribution in [-0.4, -0.2) is 57.6 Å². The summed E-state index contributed by atoms with van der Waals surface area (Å²) in [7, 11) is 0. The molecule has 2 aromatic rings. The molecule has 1 aliphatic carbocycles. The van der Waals surface area contributed by atoms with Crippen LogP contribution < -0.4 is 10.5 Å². The summed E-state index contributed by atoms with van der Waals surface area (Å²) < 4.78 is 1.62. The highest BCUT2D eigenvalue weighted by Crippen LogP contribution is 2.18. The summed E-state index contributed by atoms with van der Waals surface area (Å²) in [6.07, 6.45) is 5.82. The van der Waals surface area contributed by atoms with Crippen LogP contribution in [-0.2, 0) is 19.4 Å². The molecule has 2 aliphatic rings. The lowest BCUT2D eigenvalue weighted by Gasteiger charge is -2.35. The lowest BCUT2D eigenvalue weighted by atomic mass is 9.97. The number of piperazine rings is 1. The predicted molar refractivity (Wildman–Crippen MR) is 101 cm³/mol. The molecule has 0 amide bonds. The molecule has 3 heterocycles. The highest BCUT2D eigenvalue weighted by molar-refractivity contribution is 5.52. The fourth-order valence-corrected chi connectivity index (χ4v) is 3.83. The first-order valence-corrected chi connectivity index (χ1v) is 9.53. The van der Waals surface area contributed by atoms with Gasteiger partial charge in [-0.2, -0.15) is 15.5 Å². The summed E-state index contributed by atoms with van der Waals surface area (Å²) in [6.45, 7) is 4.72. The first-order valence-electron chi connectivity index (χ1n) is 9.53. The number of rotatable bonds is 4. The average molecular weight is 365 g/mol. The van der Waals surface area contributed by atoms with Crippen molar-refractivity contribution in [2.45, 2.75) is 32.2 Å². The number of nitriles is 1. The van der Waals surface area contributed by atoms with E-state index in [1.54, 1.807) is 23.0 Å². The highest BCUT2D eigenvalue weighted by atomic mass is 16.1. The second-order valence-electron chi connectivity index (χ2n) is 7.09. The molecule has 0 radical (unpaired) electrons. The minimum atomic E-state index is 0.00695. The van der Waals surface area contributed by atoms with Crippen LogP contribution in [0.4, 0.5) is 5.82 Å². The molecule has 1 fully saturated rings. The Balaban J connectivity index is 1.35. The Kier molecular flexibility index (Phi) is 5.12. The smallest absolute Gasteiger partial charge is 0.267 e. The molecule has 8 heteroatoms. The molecule has 1 aliphatic heterocycles. The highest BCUT2D eigenvalue weighted by Gasteiger charge is 2.21. The monoisotopic (exact) mass is 365 g/mol. The fourth-order valence-electron chi connectivity index (χ4n) is 3.83. The second-order valence-corrected chi connectivity index (χ2v) is 7.09. The molecule has 2 aromatic heterocycles. The standard InChI is InChI=1S/C19H23N7O/c20-14-16-5-6-21-22-19(16)25-10-7-24(8-11-25)9-12-26-18(27)13-15-3-1-2-4-17(15)23-26/h5-6,13H,1-4,7-12H2. The number of anilines is 1. The van der Waals surface area contributed by atoms with Gasteiger partial charge < -0.3 is 4.90 Å². The van der Waals surface area contributed by atoms with Crippen molar-refractivity contribution in [1.29, 1.82) is 5.26 Å². The Morgan fingerprint density at radius 3 is 2.74 bits per heavy atom. The first-order chi connectivity index (χ1) is 13.2. The molecule has 8 nitrogen and oxygen atoms in total. The zero-order valence-corrected chi connectivity index (χ0v) is 15.3. The number of nitrogens with zero attached hydrogens (tertiary/aromatic N) is 7. The topological polar surface area (TPSA) is 90.9 Å². The molecular weight excluding hydrogens is 342 g/mol. The summed E-state index contributed by atoms with van der Waals surface area (Å²) in [4.78, 5) is 16.7. The summed E-state index contributed by atoms with van der Waals surface area (Å²) in [5, 5.41) is 21.9. The van der Waals surface area contributed by atoms with E-state index < -0.39 is 0 Å². The predicted octanol–water partition coefficient (Wildman–Crippen LogP) is 0.606. The van der Waals surface area contributed by atoms with Crippen molar-refractivity contribution in [1.82, 2.24) is 24.9 Å². The molecule has 0 saturated carbocycles. The van der Waals surface area contributed by atoms with Crippen molar-refractivity contribution < 1.29 is 0 Å². The fraction of sp³-hybridized carbons (Fsp3) is 0.526. The zero-order valence-electron chi connectivity index (χ0n) is 15.3. The van der Waals surface area contributed by atoms with E-state index in [9.17, 15) is 10.1 Å². The van der Waals surface area contributed by atoms with E-state index in [0.717, 1.165) is 69.7 Å². The Labute approximate surface area is 158 Å². The number of hydrogen-bond acceptors (Lipinski definition) is 7. The van der Waals surface area contributed by atoms with E-state index in [1.165, 1.54) is 0 Å². The molecule has 0 bridgehead atoms. The van der Waals surface area contributed by atoms with Gasteiger partial charge in [0.05, 0.1) is 24.0 Å². The molecule has 0 spiro atoms. The Hall–Kier alpha value is -2.79. The third kappa shape index (κ3) is 3.83. The quantitative estimate of drug-likeness (QED) is 0.784. The van der Waals surface area contributed by atoms with Gasteiger partial charge in [-0.15, -0.1) is 5.10 Å². The van der Waals surface area contributed by atoms with E-state index in [-0.39, 0.29) is 5.56 Å². The van der Waals surface area contributed by atoms with Crippen molar-refractivity contribution in [3.63, 3.8) is 0 Å². The average Bonchev–Trinajstić information content (AvgIpc) is 2.72. The van der Waals surface area contributed by atoms with Crippen molar-refractivity contribution in [3.05, 3.63) is 45.5 Å². The minimum Gasteiger partial charge on any atom is -0.351 e. The third-order valence-corrected chi connectivity index (χ3v) is 5.40. The van der Waals surface area contributed by atoms with Crippen molar-refractivity contribution in [3.8, 4) is 6.07 Å². The van der Waals surface area contributed by atoms with Gasteiger partial charge in [0.15, 0.2) is 5.82 Å². The molecule has 1 saturated heterocycles. The van der Waals surface area contributed by atoms with E-state index in [4.69, 9.17) is 0 Å². The summed E-state index contributed by atoms with van der Waals surface area (Å²) >= 11 is 0. The van der Waals surface area contributed by atoms with E-state index in [1.807, 2.05) is 0 Å². The van der Waals surface area contributed by atoms with Crippen molar-refractivity contribution >= 4 is 5.82 Å². The Bertz CT molecular complexity index is 909. The first kappa shape index (κ1) is 17.6. The van der Waals surface area contributed by atoms with Gasteiger partial charge in [0.2, 0.25) is 0 Å². The lowest BCUT2D eigenvalue weighted by Crippen LogP contribution is -2.48. The molecule has 0 unspecified atom stereocenters. The van der Waals surface area contributed by atoms with E-state index in [0.29, 0.717) is 17.9 Å². The van der Waals surface area contributed by atoms with Crippen LogP contribution in [0.5, 0.6) is 0 Å². The van der Waals surface area contributed by atoms with Crippen LogP contribution in [0.3, 0.4) is 0 Å². The number of hydrogen-bond donors (Lipinski definition) is 0. The van der Waals surface area contributed by atoms with E-state index >= 15 is 0 Å². The maximum atomic E-state index is 12.3. The second kappa shape index (κ2) is 7.84. The van der Waals surface area contributed by atoms with Crippen molar-refractivity contribution in [2.75, 3.05) is 37.6 Å². The number of aromatic nitrogens is 4. The summed E-state index contributed by atoms with van der Waals surface area (Å²) in [6, 6.07) is 5.65. The van der Waals surface area contributed by atoms with E-state index in [2.05, 4.69) is 31.2 Å². The van der Waals surface area contributed by atoms with Crippen LogP contribution >= 0.6 is 0 Å². The molecule has 140 valence electrons. The Morgan fingerprint density at radius 2 is 1.93 bits per heavy atom. The third-order valence-electron chi connectivity index (χ3n) is 5.40. The van der Waals surface area contributed by atoms with Gasteiger partial charge in [0, 0.05) is 38.8 Å². The van der Waals surface area contributed by atoms with Crippen LogP contribution in [0.15, 0.2) is 23.1 Å². The van der Waals surface area contributed by atoms with Gasteiger partial charge >= 0.3 is 0 Å². The van der Waals surface area contributed by atoms with Crippen LogP contribution in [0.25, 0.3) is 0 Å². The van der Waals surface area contributed by atoms with Crippen LogP contribution in [0.1, 0.15) is 29.7 Å². The molecule has 0 aromatic carbocycles. The van der Waals surface area contributed by atoms with Gasteiger partial charge in [0.1, 0.15) is 6.07 Å². The molecule has 0 atom stereocenters. The normalized spacial score (nSPS) is 17.4. The minimum absolute atomic E-state index is 0.00695. The largest absolute Gasteiger partial charge is 0.351 e. The maximum Gasteiger partial charge on any atom is 0.267 e. The maximum absolute atomic E-state index is 12.3. The molecule has 0 N–H and O–H groups in total.